The lowest BCUT2D eigenvalue weighted by atomic mass is 9.95. The van der Waals surface area contributed by atoms with Crippen LogP contribution in [0.2, 0.25) is 0 Å². The highest BCUT2D eigenvalue weighted by molar-refractivity contribution is 4.86. The molecular weight excluding hydrogens is 234 g/mol. The van der Waals surface area contributed by atoms with Crippen LogP contribution in [-0.2, 0) is 14.2 Å². The Morgan fingerprint density at radius 2 is 2.22 bits per heavy atom. The van der Waals surface area contributed by atoms with Crippen molar-refractivity contribution in [3.63, 3.8) is 0 Å². The summed E-state index contributed by atoms with van der Waals surface area (Å²) in [6.45, 7) is 7.02. The predicted octanol–water partition coefficient (Wildman–Crippen LogP) is 0.558. The molecule has 108 valence electrons. The summed E-state index contributed by atoms with van der Waals surface area (Å²) < 4.78 is 15.9. The standard InChI is InChI=1S/C13H27NO4/c1-11(8-16-3)18-9-12(15)7-14-13(2)5-4-6-17-10-13/h11-12,14-15H,4-10H2,1-3H3. The minimum absolute atomic E-state index is 0.0123. The third-order valence-electron chi connectivity index (χ3n) is 3.18. The molecule has 1 aliphatic heterocycles. The van der Waals surface area contributed by atoms with Crippen molar-refractivity contribution in [3.8, 4) is 0 Å². The summed E-state index contributed by atoms with van der Waals surface area (Å²) >= 11 is 0. The van der Waals surface area contributed by atoms with E-state index in [0.717, 1.165) is 19.4 Å². The van der Waals surface area contributed by atoms with Crippen LogP contribution in [-0.4, -0.2) is 62.9 Å². The van der Waals surface area contributed by atoms with Gasteiger partial charge >= 0.3 is 0 Å². The van der Waals surface area contributed by atoms with E-state index in [4.69, 9.17) is 14.2 Å². The fourth-order valence-corrected chi connectivity index (χ4v) is 2.05. The Bertz CT molecular complexity index is 219. The van der Waals surface area contributed by atoms with Crippen LogP contribution >= 0.6 is 0 Å². The van der Waals surface area contributed by atoms with Gasteiger partial charge in [-0.05, 0) is 26.7 Å². The Morgan fingerprint density at radius 1 is 1.44 bits per heavy atom. The van der Waals surface area contributed by atoms with Gasteiger partial charge in [0.1, 0.15) is 0 Å². The van der Waals surface area contributed by atoms with E-state index >= 15 is 0 Å². The molecule has 5 nitrogen and oxygen atoms in total. The molecule has 1 saturated heterocycles. The van der Waals surface area contributed by atoms with Crippen LogP contribution in [0.1, 0.15) is 26.7 Å². The number of rotatable bonds is 8. The molecule has 0 amide bonds. The molecule has 1 rings (SSSR count). The number of aliphatic hydroxyl groups excluding tert-OH is 1. The summed E-state index contributed by atoms with van der Waals surface area (Å²) in [5.74, 6) is 0. The summed E-state index contributed by atoms with van der Waals surface area (Å²) in [5.41, 5.74) is -0.0165. The van der Waals surface area contributed by atoms with Crippen LogP contribution in [0.25, 0.3) is 0 Å². The average Bonchev–Trinajstić information content (AvgIpc) is 2.35. The minimum Gasteiger partial charge on any atom is -0.389 e. The highest BCUT2D eigenvalue weighted by atomic mass is 16.5. The summed E-state index contributed by atoms with van der Waals surface area (Å²) in [7, 11) is 1.64. The summed E-state index contributed by atoms with van der Waals surface area (Å²) in [6, 6.07) is 0. The molecule has 0 spiro atoms. The molecule has 0 aromatic carbocycles. The Morgan fingerprint density at radius 3 is 2.83 bits per heavy atom. The van der Waals surface area contributed by atoms with Gasteiger partial charge in [-0.25, -0.2) is 0 Å². The number of β-amino-alcohol motifs (C(OH)–C–C–N with tert-alkyl or cyclic N) is 1. The second-order valence-electron chi connectivity index (χ2n) is 5.35. The van der Waals surface area contributed by atoms with Gasteiger partial charge in [0, 0.05) is 25.8 Å². The molecule has 0 bridgehead atoms. The van der Waals surface area contributed by atoms with Gasteiger partial charge in [0.05, 0.1) is 32.0 Å². The van der Waals surface area contributed by atoms with Crippen LogP contribution < -0.4 is 5.32 Å². The molecule has 1 heterocycles. The van der Waals surface area contributed by atoms with Crippen LogP contribution in [0.3, 0.4) is 0 Å². The van der Waals surface area contributed by atoms with Gasteiger partial charge in [-0.1, -0.05) is 0 Å². The van der Waals surface area contributed by atoms with Crippen LogP contribution in [0, 0.1) is 0 Å². The lowest BCUT2D eigenvalue weighted by molar-refractivity contribution is -0.0364. The first-order valence-corrected chi connectivity index (χ1v) is 6.67. The normalized spacial score (nSPS) is 28.0. The van der Waals surface area contributed by atoms with Crippen molar-refractivity contribution in [2.75, 3.05) is 40.1 Å². The topological polar surface area (TPSA) is 60.0 Å². The third kappa shape index (κ3) is 6.11. The van der Waals surface area contributed by atoms with E-state index in [1.54, 1.807) is 7.11 Å². The highest BCUT2D eigenvalue weighted by Crippen LogP contribution is 2.17. The first kappa shape index (κ1) is 15.9. The maximum Gasteiger partial charge on any atom is 0.0898 e. The van der Waals surface area contributed by atoms with Crippen molar-refractivity contribution in [1.82, 2.24) is 5.32 Å². The van der Waals surface area contributed by atoms with Crippen LogP contribution in [0.5, 0.6) is 0 Å². The van der Waals surface area contributed by atoms with Crippen molar-refractivity contribution in [3.05, 3.63) is 0 Å². The third-order valence-corrected chi connectivity index (χ3v) is 3.18. The second kappa shape index (κ2) is 8.07. The van der Waals surface area contributed by atoms with Gasteiger partial charge in [-0.3, -0.25) is 0 Å². The number of methoxy groups -OCH3 is 1. The SMILES string of the molecule is COCC(C)OCC(O)CNC1(C)CCCOC1. The summed E-state index contributed by atoms with van der Waals surface area (Å²) in [6.07, 6.45) is 1.67. The molecule has 0 saturated carbocycles. The lowest BCUT2D eigenvalue weighted by Gasteiger charge is -2.35. The molecule has 3 atom stereocenters. The fraction of sp³-hybridized carbons (Fsp3) is 1.00. The number of nitrogens with one attached hydrogen (secondary N) is 1. The van der Waals surface area contributed by atoms with Crippen molar-refractivity contribution in [2.24, 2.45) is 0 Å². The first-order chi connectivity index (χ1) is 8.56. The molecule has 3 unspecified atom stereocenters. The van der Waals surface area contributed by atoms with E-state index in [2.05, 4.69) is 12.2 Å². The predicted molar refractivity (Wildman–Crippen MR) is 69.8 cm³/mol. The largest absolute Gasteiger partial charge is 0.389 e. The minimum atomic E-state index is -0.497. The van der Waals surface area contributed by atoms with E-state index in [-0.39, 0.29) is 11.6 Å². The Hall–Kier alpha value is -0.200. The Kier molecular flexibility index (Phi) is 7.11. The van der Waals surface area contributed by atoms with Crippen molar-refractivity contribution >= 4 is 0 Å². The summed E-state index contributed by atoms with van der Waals surface area (Å²) in [5, 5.41) is 13.2. The van der Waals surface area contributed by atoms with Gasteiger partial charge in [-0.15, -0.1) is 0 Å². The lowest BCUT2D eigenvalue weighted by Crippen LogP contribution is -2.51. The van der Waals surface area contributed by atoms with Crippen molar-refractivity contribution in [1.29, 1.82) is 0 Å². The zero-order valence-corrected chi connectivity index (χ0v) is 11.8. The zero-order chi connectivity index (χ0) is 13.4. The van der Waals surface area contributed by atoms with E-state index in [0.29, 0.717) is 26.4 Å². The Labute approximate surface area is 110 Å². The zero-order valence-electron chi connectivity index (χ0n) is 11.8. The number of hydrogen-bond acceptors (Lipinski definition) is 5. The molecule has 0 aliphatic carbocycles. The van der Waals surface area contributed by atoms with E-state index < -0.39 is 6.10 Å². The van der Waals surface area contributed by atoms with Gasteiger partial charge < -0.3 is 24.6 Å². The maximum absolute atomic E-state index is 9.84. The van der Waals surface area contributed by atoms with Gasteiger partial charge in [-0.2, -0.15) is 0 Å². The molecule has 0 aromatic heterocycles. The van der Waals surface area contributed by atoms with Crippen molar-refractivity contribution in [2.45, 2.75) is 44.4 Å². The monoisotopic (exact) mass is 261 g/mol. The van der Waals surface area contributed by atoms with E-state index in [1.807, 2.05) is 6.92 Å². The van der Waals surface area contributed by atoms with E-state index in [9.17, 15) is 5.11 Å². The first-order valence-electron chi connectivity index (χ1n) is 6.67. The van der Waals surface area contributed by atoms with E-state index in [1.165, 1.54) is 0 Å². The maximum atomic E-state index is 9.84. The molecule has 18 heavy (non-hydrogen) atoms. The van der Waals surface area contributed by atoms with Crippen molar-refractivity contribution < 1.29 is 19.3 Å². The summed E-state index contributed by atoms with van der Waals surface area (Å²) in [4.78, 5) is 0. The van der Waals surface area contributed by atoms with Crippen LogP contribution in [0.15, 0.2) is 0 Å². The molecule has 5 heteroatoms. The highest BCUT2D eigenvalue weighted by Gasteiger charge is 2.27. The quantitative estimate of drug-likeness (QED) is 0.668. The molecule has 2 N–H and O–H groups in total. The smallest absolute Gasteiger partial charge is 0.0898 e. The molecule has 0 aromatic rings. The van der Waals surface area contributed by atoms with Crippen LogP contribution in [0.4, 0.5) is 0 Å². The fourth-order valence-electron chi connectivity index (χ4n) is 2.05. The molecule has 0 radical (unpaired) electrons. The number of aliphatic hydroxyl groups is 1. The van der Waals surface area contributed by atoms with Gasteiger partial charge in [0.15, 0.2) is 0 Å². The van der Waals surface area contributed by atoms with Gasteiger partial charge in [0.25, 0.3) is 0 Å². The average molecular weight is 261 g/mol. The number of ether oxygens (including phenoxy) is 3. The molecule has 1 fully saturated rings. The Balaban J connectivity index is 2.14. The molecule has 1 aliphatic rings. The molecular formula is C13H27NO4. The number of hydrogen-bond donors (Lipinski definition) is 2. The second-order valence-corrected chi connectivity index (χ2v) is 5.35. The van der Waals surface area contributed by atoms with Gasteiger partial charge in [0.2, 0.25) is 0 Å².